The maximum absolute atomic E-state index is 5.96. The molecule has 3 aromatic heterocycles. The molecule has 0 aliphatic carbocycles. The molecule has 0 saturated carbocycles. The van der Waals surface area contributed by atoms with Crippen molar-refractivity contribution in [1.29, 1.82) is 0 Å². The number of rotatable bonds is 4. The van der Waals surface area contributed by atoms with Gasteiger partial charge in [0.25, 0.3) is 0 Å². The number of hydrogen-bond donors (Lipinski definition) is 1. The van der Waals surface area contributed by atoms with E-state index in [1.54, 1.807) is 25.6 Å². The van der Waals surface area contributed by atoms with Gasteiger partial charge in [0.1, 0.15) is 17.3 Å². The lowest BCUT2D eigenvalue weighted by molar-refractivity contribution is 0.469. The van der Waals surface area contributed by atoms with Crippen molar-refractivity contribution in [3.8, 4) is 23.0 Å². The number of aromatic nitrogens is 3. The fourth-order valence-electron chi connectivity index (χ4n) is 2.20. The minimum absolute atomic E-state index is 0.246. The highest BCUT2D eigenvalue weighted by atomic mass is 16.5. The second-order valence-electron chi connectivity index (χ2n) is 5.51. The van der Waals surface area contributed by atoms with Crippen LogP contribution in [0.3, 0.4) is 0 Å². The molecular weight excluding hydrogens is 292 g/mol. The average Bonchev–Trinajstić information content (AvgIpc) is 3.04. The van der Waals surface area contributed by atoms with Gasteiger partial charge in [-0.1, -0.05) is 13.8 Å². The van der Waals surface area contributed by atoms with Crippen LogP contribution in [-0.2, 0) is 0 Å². The molecule has 118 valence electrons. The number of ether oxygens (including phenoxy) is 1. The topological polar surface area (TPSA) is 87.1 Å². The van der Waals surface area contributed by atoms with Crippen molar-refractivity contribution in [1.82, 2.24) is 15.0 Å². The van der Waals surface area contributed by atoms with Crippen molar-refractivity contribution in [2.45, 2.75) is 26.7 Å². The minimum Gasteiger partial charge on any atom is -0.463 e. The molecule has 0 bridgehead atoms. The maximum atomic E-state index is 5.96. The van der Waals surface area contributed by atoms with Gasteiger partial charge in [-0.2, -0.15) is 0 Å². The number of hydrogen-bond acceptors (Lipinski definition) is 6. The summed E-state index contributed by atoms with van der Waals surface area (Å²) < 4.78 is 11.4. The first kappa shape index (κ1) is 15.0. The number of nitrogens with zero attached hydrogens (tertiary/aromatic N) is 3. The van der Waals surface area contributed by atoms with E-state index in [0.717, 1.165) is 5.56 Å². The number of anilines is 1. The Labute approximate surface area is 134 Å². The van der Waals surface area contributed by atoms with E-state index in [2.05, 4.69) is 28.8 Å². The van der Waals surface area contributed by atoms with Crippen LogP contribution in [-0.4, -0.2) is 15.0 Å². The van der Waals surface area contributed by atoms with Crippen LogP contribution in [0.5, 0.6) is 11.5 Å². The smallest absolute Gasteiger partial charge is 0.187 e. The van der Waals surface area contributed by atoms with Crippen LogP contribution in [0.15, 0.2) is 41.3 Å². The van der Waals surface area contributed by atoms with Gasteiger partial charge in [0.15, 0.2) is 17.3 Å². The maximum Gasteiger partial charge on any atom is 0.187 e. The molecule has 0 atom stereocenters. The van der Waals surface area contributed by atoms with Gasteiger partial charge >= 0.3 is 0 Å². The molecule has 6 nitrogen and oxygen atoms in total. The summed E-state index contributed by atoms with van der Waals surface area (Å²) in [5.74, 6) is 2.93. The molecule has 0 spiro atoms. The van der Waals surface area contributed by atoms with Crippen LogP contribution in [0, 0.1) is 6.92 Å². The molecule has 0 fully saturated rings. The van der Waals surface area contributed by atoms with E-state index in [-0.39, 0.29) is 5.92 Å². The zero-order chi connectivity index (χ0) is 16.4. The molecule has 6 heteroatoms. The van der Waals surface area contributed by atoms with Gasteiger partial charge in [-0.3, -0.25) is 4.98 Å². The Morgan fingerprint density at radius 1 is 1.17 bits per heavy atom. The molecular formula is C17H18N4O2. The lowest BCUT2D eigenvalue weighted by Crippen LogP contribution is -2.01. The van der Waals surface area contributed by atoms with Gasteiger partial charge in [0.05, 0.1) is 12.5 Å². The molecule has 0 aromatic carbocycles. The number of pyridine rings is 1. The Morgan fingerprint density at radius 2 is 2.00 bits per heavy atom. The standard InChI is InChI=1S/C17H18N4O2/c1-10(2)12-8-20-13(14-5-4-6-22-14)7-15(12)23-16-9-19-11(3)21-17(16)18/h4-10H,1-3H3,(H2,18,19,21). The van der Waals surface area contributed by atoms with Crippen molar-refractivity contribution < 1.29 is 9.15 Å². The van der Waals surface area contributed by atoms with E-state index < -0.39 is 0 Å². The molecule has 0 saturated heterocycles. The highest BCUT2D eigenvalue weighted by molar-refractivity contribution is 5.57. The number of nitrogen functional groups attached to an aromatic ring is 1. The molecule has 0 aliphatic heterocycles. The Morgan fingerprint density at radius 3 is 2.65 bits per heavy atom. The normalized spacial score (nSPS) is 11.0. The van der Waals surface area contributed by atoms with E-state index in [9.17, 15) is 0 Å². The van der Waals surface area contributed by atoms with Gasteiger partial charge in [0.2, 0.25) is 0 Å². The van der Waals surface area contributed by atoms with Crippen LogP contribution < -0.4 is 10.5 Å². The Kier molecular flexibility index (Phi) is 3.97. The molecule has 3 heterocycles. The molecule has 0 amide bonds. The fourth-order valence-corrected chi connectivity index (χ4v) is 2.20. The summed E-state index contributed by atoms with van der Waals surface area (Å²) in [6.45, 7) is 5.93. The van der Waals surface area contributed by atoms with Crippen LogP contribution in [0.4, 0.5) is 5.82 Å². The molecule has 0 aliphatic rings. The van der Waals surface area contributed by atoms with E-state index in [0.29, 0.717) is 34.6 Å². The predicted molar refractivity (Wildman–Crippen MR) is 87.3 cm³/mol. The van der Waals surface area contributed by atoms with E-state index >= 15 is 0 Å². The second-order valence-corrected chi connectivity index (χ2v) is 5.51. The summed E-state index contributed by atoms with van der Waals surface area (Å²) in [5.41, 5.74) is 7.59. The fraction of sp³-hybridized carbons (Fsp3) is 0.235. The third-order valence-corrected chi connectivity index (χ3v) is 3.41. The highest BCUT2D eigenvalue weighted by Crippen LogP contribution is 2.34. The van der Waals surface area contributed by atoms with E-state index in [1.807, 2.05) is 18.2 Å². The van der Waals surface area contributed by atoms with Crippen molar-refractivity contribution in [2.24, 2.45) is 0 Å². The average molecular weight is 310 g/mol. The Bertz CT molecular complexity index is 813. The third kappa shape index (κ3) is 3.15. The van der Waals surface area contributed by atoms with Gasteiger partial charge in [-0.15, -0.1) is 0 Å². The first-order valence-electron chi connectivity index (χ1n) is 7.35. The summed E-state index contributed by atoms with van der Waals surface area (Å²) in [5, 5.41) is 0. The van der Waals surface area contributed by atoms with Gasteiger partial charge < -0.3 is 14.9 Å². The first-order valence-corrected chi connectivity index (χ1v) is 7.35. The molecule has 0 radical (unpaired) electrons. The van der Waals surface area contributed by atoms with Crippen molar-refractivity contribution in [2.75, 3.05) is 5.73 Å². The minimum atomic E-state index is 0.246. The third-order valence-electron chi connectivity index (χ3n) is 3.41. The van der Waals surface area contributed by atoms with E-state index in [1.165, 1.54) is 0 Å². The molecule has 2 N–H and O–H groups in total. The lowest BCUT2D eigenvalue weighted by atomic mass is 10.0. The van der Waals surface area contributed by atoms with Crippen molar-refractivity contribution in [3.63, 3.8) is 0 Å². The zero-order valence-electron chi connectivity index (χ0n) is 13.3. The van der Waals surface area contributed by atoms with Crippen molar-refractivity contribution in [3.05, 3.63) is 48.2 Å². The zero-order valence-corrected chi connectivity index (χ0v) is 13.3. The van der Waals surface area contributed by atoms with Crippen LogP contribution >= 0.6 is 0 Å². The SMILES string of the molecule is Cc1ncc(Oc2cc(-c3ccco3)ncc2C(C)C)c(N)n1. The number of nitrogens with two attached hydrogens (primary N) is 1. The second kappa shape index (κ2) is 6.08. The Balaban J connectivity index is 2.03. The predicted octanol–water partition coefficient (Wildman–Crippen LogP) is 3.94. The molecule has 23 heavy (non-hydrogen) atoms. The molecule has 0 unspecified atom stereocenters. The van der Waals surface area contributed by atoms with Gasteiger partial charge in [0, 0.05) is 17.8 Å². The summed E-state index contributed by atoms with van der Waals surface area (Å²) in [6.07, 6.45) is 4.98. The van der Waals surface area contributed by atoms with Crippen LogP contribution in [0.1, 0.15) is 31.2 Å². The molecule has 3 rings (SSSR count). The number of furan rings is 1. The quantitative estimate of drug-likeness (QED) is 0.785. The van der Waals surface area contributed by atoms with Gasteiger partial charge in [-0.05, 0) is 25.0 Å². The summed E-state index contributed by atoms with van der Waals surface area (Å²) in [4.78, 5) is 12.7. The lowest BCUT2D eigenvalue weighted by Gasteiger charge is -2.15. The van der Waals surface area contributed by atoms with E-state index in [4.69, 9.17) is 14.9 Å². The monoisotopic (exact) mass is 310 g/mol. The largest absolute Gasteiger partial charge is 0.463 e. The van der Waals surface area contributed by atoms with Crippen molar-refractivity contribution >= 4 is 5.82 Å². The highest BCUT2D eigenvalue weighted by Gasteiger charge is 2.15. The molecule has 3 aromatic rings. The summed E-state index contributed by atoms with van der Waals surface area (Å²) in [7, 11) is 0. The summed E-state index contributed by atoms with van der Waals surface area (Å²) >= 11 is 0. The summed E-state index contributed by atoms with van der Waals surface area (Å²) in [6, 6.07) is 5.51. The number of aryl methyl sites for hydroxylation is 1. The van der Waals surface area contributed by atoms with Crippen LogP contribution in [0.25, 0.3) is 11.5 Å². The van der Waals surface area contributed by atoms with Crippen LogP contribution in [0.2, 0.25) is 0 Å². The first-order chi connectivity index (χ1) is 11.0. The Hall–Kier alpha value is -2.89. The van der Waals surface area contributed by atoms with Gasteiger partial charge in [-0.25, -0.2) is 9.97 Å².